The summed E-state index contributed by atoms with van der Waals surface area (Å²) in [6.07, 6.45) is 4.49. The lowest BCUT2D eigenvalue weighted by atomic mass is 10.1. The molecule has 3 rings (SSSR count). The maximum absolute atomic E-state index is 12.2. The molecule has 0 radical (unpaired) electrons. The number of aromatic nitrogens is 2. The second-order valence-electron chi connectivity index (χ2n) is 5.49. The van der Waals surface area contributed by atoms with Crippen LogP contribution < -0.4 is 4.74 Å². The fraction of sp³-hybridized carbons (Fsp3) is 0.111. The predicted molar refractivity (Wildman–Crippen MR) is 101 cm³/mol. The molecule has 8 nitrogen and oxygen atoms in total. The van der Waals surface area contributed by atoms with Crippen molar-refractivity contribution < 1.29 is 18.9 Å². The van der Waals surface area contributed by atoms with E-state index < -0.39 is 4.92 Å². The van der Waals surface area contributed by atoms with Crippen molar-refractivity contribution in [2.45, 2.75) is 6.54 Å². The van der Waals surface area contributed by atoms with Crippen molar-refractivity contribution in [1.82, 2.24) is 9.78 Å². The summed E-state index contributed by atoms with van der Waals surface area (Å²) >= 11 is 3.10. The molecule has 0 saturated heterocycles. The van der Waals surface area contributed by atoms with Crippen LogP contribution in [0.15, 0.2) is 57.6 Å². The molecule has 0 bridgehead atoms. The van der Waals surface area contributed by atoms with E-state index >= 15 is 0 Å². The molecule has 0 unspecified atom stereocenters. The normalized spacial score (nSPS) is 11.0. The molecule has 3 aromatic rings. The molecular formula is C18H14BrN3O5. The van der Waals surface area contributed by atoms with Gasteiger partial charge >= 0.3 is 5.82 Å². The number of carbonyl (C=O) groups excluding carboxylic acids is 1. The minimum absolute atomic E-state index is 0.165. The molecule has 0 aliphatic heterocycles. The van der Waals surface area contributed by atoms with Crippen LogP contribution in [0.25, 0.3) is 6.08 Å². The fourth-order valence-corrected chi connectivity index (χ4v) is 2.79. The molecule has 27 heavy (non-hydrogen) atoms. The number of rotatable bonds is 7. The molecule has 1 aromatic carbocycles. The molecule has 0 atom stereocenters. The highest BCUT2D eigenvalue weighted by Gasteiger charge is 2.19. The van der Waals surface area contributed by atoms with E-state index in [-0.39, 0.29) is 18.1 Å². The van der Waals surface area contributed by atoms with Crippen LogP contribution in [0.2, 0.25) is 0 Å². The average Bonchev–Trinajstić information content (AvgIpc) is 3.26. The maximum Gasteiger partial charge on any atom is 0.404 e. The fourth-order valence-electron chi connectivity index (χ4n) is 2.33. The first-order chi connectivity index (χ1) is 13.0. The van der Waals surface area contributed by atoms with Crippen molar-refractivity contribution in [3.63, 3.8) is 0 Å². The average molecular weight is 432 g/mol. The first-order valence-electron chi connectivity index (χ1n) is 7.79. The lowest BCUT2D eigenvalue weighted by Crippen LogP contribution is -2.00. The van der Waals surface area contributed by atoms with E-state index in [1.807, 2.05) is 0 Å². The van der Waals surface area contributed by atoms with Gasteiger partial charge in [0.2, 0.25) is 0 Å². The Kier molecular flexibility index (Phi) is 5.51. The number of nitrogens with zero attached hydrogens (tertiary/aromatic N) is 3. The number of hydrogen-bond donors (Lipinski definition) is 0. The van der Waals surface area contributed by atoms with Crippen LogP contribution in [0.3, 0.4) is 0 Å². The monoisotopic (exact) mass is 431 g/mol. The minimum atomic E-state index is -0.568. The summed E-state index contributed by atoms with van der Waals surface area (Å²) in [6.45, 7) is 0.229. The van der Waals surface area contributed by atoms with Crippen LogP contribution in [0.4, 0.5) is 5.82 Å². The quantitative estimate of drug-likeness (QED) is 0.241. The van der Waals surface area contributed by atoms with Crippen molar-refractivity contribution in [3.8, 4) is 5.75 Å². The molecule has 0 fully saturated rings. The third-order valence-corrected chi connectivity index (χ3v) is 4.21. The highest BCUT2D eigenvalue weighted by molar-refractivity contribution is 9.10. The van der Waals surface area contributed by atoms with Gasteiger partial charge in [-0.2, -0.15) is 4.68 Å². The number of benzene rings is 1. The number of methoxy groups -OCH3 is 1. The number of furan rings is 1. The zero-order chi connectivity index (χ0) is 19.4. The Hall–Kier alpha value is -3.20. The summed E-state index contributed by atoms with van der Waals surface area (Å²) in [4.78, 5) is 22.4. The van der Waals surface area contributed by atoms with Gasteiger partial charge in [-0.25, -0.2) is 0 Å². The van der Waals surface area contributed by atoms with E-state index in [0.717, 1.165) is 0 Å². The van der Waals surface area contributed by atoms with Crippen molar-refractivity contribution in [1.29, 1.82) is 0 Å². The Balaban J connectivity index is 1.66. The zero-order valence-corrected chi connectivity index (χ0v) is 15.8. The summed E-state index contributed by atoms with van der Waals surface area (Å²) in [5.41, 5.74) is 0.535. The van der Waals surface area contributed by atoms with Gasteiger partial charge in [0.05, 0.1) is 18.4 Å². The number of nitro groups is 1. The molecular weight excluding hydrogens is 418 g/mol. The van der Waals surface area contributed by atoms with Gasteiger partial charge in [-0.05, 0) is 69.4 Å². The van der Waals surface area contributed by atoms with Gasteiger partial charge < -0.3 is 19.3 Å². The number of hydrogen-bond acceptors (Lipinski definition) is 6. The third kappa shape index (κ3) is 4.50. The summed E-state index contributed by atoms with van der Waals surface area (Å²) in [5, 5.41) is 14.7. The standard InChI is InChI=1S/C18H14BrN3O5/c1-26-13-4-2-12(3-5-13)17(23)9-8-14-6-7-15(27-14)10-21-11-16(19)18(20-21)22(24)25/h2-9,11H,10H2,1H3/b9-8+. The SMILES string of the molecule is COc1ccc(C(=O)/C=C/c2ccc(Cn3cc(Br)c([N+](=O)[O-])n3)o2)cc1. The molecule has 2 heterocycles. The Bertz CT molecular complexity index is 1000. The van der Waals surface area contributed by atoms with Crippen LogP contribution in [-0.4, -0.2) is 27.6 Å². The summed E-state index contributed by atoms with van der Waals surface area (Å²) in [7, 11) is 1.56. The van der Waals surface area contributed by atoms with Gasteiger partial charge in [-0.1, -0.05) is 0 Å². The minimum Gasteiger partial charge on any atom is -0.497 e. The zero-order valence-electron chi connectivity index (χ0n) is 14.2. The van der Waals surface area contributed by atoms with Gasteiger partial charge in [0, 0.05) is 5.56 Å². The van der Waals surface area contributed by atoms with Gasteiger partial charge in [-0.15, -0.1) is 0 Å². The molecule has 0 saturated carbocycles. The number of halogens is 1. The van der Waals surface area contributed by atoms with Gasteiger partial charge in [-0.3, -0.25) is 4.79 Å². The smallest absolute Gasteiger partial charge is 0.404 e. The van der Waals surface area contributed by atoms with Crippen LogP contribution in [0.5, 0.6) is 5.75 Å². The molecule has 0 aliphatic rings. The first kappa shape index (κ1) is 18.6. The number of allylic oxidation sites excluding steroid dienone is 1. The Morgan fingerprint density at radius 1 is 1.33 bits per heavy atom. The number of ketones is 1. The lowest BCUT2D eigenvalue weighted by Gasteiger charge is -1.99. The molecule has 138 valence electrons. The molecule has 9 heteroatoms. The van der Waals surface area contributed by atoms with Crippen molar-refractivity contribution in [3.05, 3.63) is 80.3 Å². The number of carbonyl (C=O) groups is 1. The predicted octanol–water partition coefficient (Wildman–Crippen LogP) is 4.10. The molecule has 0 amide bonds. The molecule has 0 aliphatic carbocycles. The van der Waals surface area contributed by atoms with Gasteiger partial charge in [0.15, 0.2) is 5.78 Å². The van der Waals surface area contributed by atoms with Gasteiger partial charge in [0.1, 0.15) is 28.3 Å². The largest absolute Gasteiger partial charge is 0.497 e. The first-order valence-corrected chi connectivity index (χ1v) is 8.58. The van der Waals surface area contributed by atoms with Gasteiger partial charge in [0.25, 0.3) is 0 Å². The van der Waals surface area contributed by atoms with E-state index in [2.05, 4.69) is 21.0 Å². The maximum atomic E-state index is 12.2. The summed E-state index contributed by atoms with van der Waals surface area (Å²) < 4.78 is 12.4. The Labute approximate surface area is 162 Å². The van der Waals surface area contributed by atoms with Crippen LogP contribution >= 0.6 is 15.9 Å². The van der Waals surface area contributed by atoms with E-state index in [4.69, 9.17) is 9.15 Å². The molecule has 2 aromatic heterocycles. The van der Waals surface area contributed by atoms with E-state index in [1.165, 1.54) is 17.0 Å². The van der Waals surface area contributed by atoms with Crippen molar-refractivity contribution in [2.75, 3.05) is 7.11 Å². The number of ether oxygens (including phenoxy) is 1. The van der Waals surface area contributed by atoms with E-state index in [1.54, 1.807) is 49.6 Å². The van der Waals surface area contributed by atoms with E-state index in [0.29, 0.717) is 27.3 Å². The topological polar surface area (TPSA) is 100 Å². The van der Waals surface area contributed by atoms with Crippen molar-refractivity contribution >= 4 is 33.6 Å². The van der Waals surface area contributed by atoms with Crippen LogP contribution in [0.1, 0.15) is 21.9 Å². The summed E-state index contributed by atoms with van der Waals surface area (Å²) in [5.74, 6) is 1.30. The highest BCUT2D eigenvalue weighted by Crippen LogP contribution is 2.23. The Morgan fingerprint density at radius 3 is 2.70 bits per heavy atom. The van der Waals surface area contributed by atoms with E-state index in [9.17, 15) is 14.9 Å². The third-order valence-electron chi connectivity index (χ3n) is 3.65. The molecule has 0 spiro atoms. The summed E-state index contributed by atoms with van der Waals surface area (Å²) in [6, 6.07) is 10.2. The van der Waals surface area contributed by atoms with Crippen LogP contribution in [0, 0.1) is 10.1 Å². The Morgan fingerprint density at radius 2 is 2.07 bits per heavy atom. The van der Waals surface area contributed by atoms with Crippen molar-refractivity contribution in [2.24, 2.45) is 0 Å². The second-order valence-corrected chi connectivity index (χ2v) is 6.34. The highest BCUT2D eigenvalue weighted by atomic mass is 79.9. The molecule has 0 N–H and O–H groups in total. The van der Waals surface area contributed by atoms with Crippen LogP contribution in [-0.2, 0) is 6.54 Å². The lowest BCUT2D eigenvalue weighted by molar-refractivity contribution is -0.390. The second kappa shape index (κ2) is 8.00.